The Labute approximate surface area is 217 Å². The first-order valence-corrected chi connectivity index (χ1v) is 13.0. The highest BCUT2D eigenvalue weighted by Crippen LogP contribution is 2.34. The van der Waals surface area contributed by atoms with Crippen LogP contribution in [-0.4, -0.2) is 49.8 Å². The normalized spacial score (nSPS) is 19.2. The number of nitrogens with zero attached hydrogens (tertiary/aromatic N) is 2. The minimum atomic E-state index is 0.217. The fourth-order valence-electron chi connectivity index (χ4n) is 5.39. The summed E-state index contributed by atoms with van der Waals surface area (Å²) in [5, 5.41) is 7.78. The average Bonchev–Trinajstić information content (AvgIpc) is 3.39. The van der Waals surface area contributed by atoms with Crippen LogP contribution in [0.25, 0.3) is 0 Å². The molecular formula is C29H35N3O5. The highest BCUT2D eigenvalue weighted by molar-refractivity contribution is 5.77. The maximum absolute atomic E-state index is 13.4. The summed E-state index contributed by atoms with van der Waals surface area (Å²) in [5.74, 6) is 3.79. The number of carbonyl (C=O) groups excluding carboxylic acids is 1. The zero-order valence-electron chi connectivity index (χ0n) is 21.6. The van der Waals surface area contributed by atoms with E-state index in [0.717, 1.165) is 61.7 Å². The second-order valence-corrected chi connectivity index (χ2v) is 9.85. The second-order valence-electron chi connectivity index (χ2n) is 9.85. The maximum atomic E-state index is 13.4. The van der Waals surface area contributed by atoms with Crippen molar-refractivity contribution in [2.24, 2.45) is 11.8 Å². The van der Waals surface area contributed by atoms with Crippen molar-refractivity contribution < 1.29 is 23.5 Å². The first-order chi connectivity index (χ1) is 18.1. The van der Waals surface area contributed by atoms with Gasteiger partial charge >= 0.3 is 0 Å². The number of nitrogens with one attached hydrogen (secondary N) is 1. The minimum absolute atomic E-state index is 0.217. The van der Waals surface area contributed by atoms with Gasteiger partial charge in [-0.2, -0.15) is 0 Å². The first-order valence-electron chi connectivity index (χ1n) is 13.0. The molecular weight excluding hydrogens is 470 g/mol. The van der Waals surface area contributed by atoms with Crippen molar-refractivity contribution in [1.29, 1.82) is 0 Å². The summed E-state index contributed by atoms with van der Waals surface area (Å²) in [6, 6.07) is 15.7. The van der Waals surface area contributed by atoms with Crippen molar-refractivity contribution in [3.05, 3.63) is 71.1 Å². The Bertz CT molecular complexity index is 1200. The number of fused-ring (bicyclic) bond motifs is 1. The van der Waals surface area contributed by atoms with Gasteiger partial charge in [0.1, 0.15) is 12.4 Å². The van der Waals surface area contributed by atoms with E-state index < -0.39 is 0 Å². The lowest BCUT2D eigenvalue weighted by atomic mass is 9.80. The molecule has 37 heavy (non-hydrogen) atoms. The predicted molar refractivity (Wildman–Crippen MR) is 139 cm³/mol. The van der Waals surface area contributed by atoms with Gasteiger partial charge in [-0.1, -0.05) is 23.4 Å². The molecule has 1 aromatic heterocycles. The van der Waals surface area contributed by atoms with E-state index in [9.17, 15) is 4.79 Å². The van der Waals surface area contributed by atoms with Crippen LogP contribution in [-0.2, 0) is 30.8 Å². The Balaban J connectivity index is 1.18. The van der Waals surface area contributed by atoms with Crippen molar-refractivity contribution in [3.8, 4) is 17.2 Å². The summed E-state index contributed by atoms with van der Waals surface area (Å²) < 4.78 is 22.2. The van der Waals surface area contributed by atoms with Gasteiger partial charge in [0.15, 0.2) is 17.3 Å². The summed E-state index contributed by atoms with van der Waals surface area (Å²) >= 11 is 0. The van der Waals surface area contributed by atoms with E-state index in [1.807, 2.05) is 53.4 Å². The van der Waals surface area contributed by atoms with Gasteiger partial charge in [0.2, 0.25) is 5.91 Å². The number of hydrogen-bond acceptors (Lipinski definition) is 7. The lowest BCUT2D eigenvalue weighted by molar-refractivity contribution is -0.133. The van der Waals surface area contributed by atoms with E-state index >= 15 is 0 Å². The van der Waals surface area contributed by atoms with Gasteiger partial charge in [0.05, 0.1) is 19.9 Å². The van der Waals surface area contributed by atoms with Gasteiger partial charge in [-0.3, -0.25) is 4.79 Å². The maximum Gasteiger partial charge on any atom is 0.223 e. The molecule has 0 spiro atoms. The molecule has 0 radical (unpaired) electrons. The van der Waals surface area contributed by atoms with E-state index in [0.29, 0.717) is 42.9 Å². The molecule has 1 saturated heterocycles. The van der Waals surface area contributed by atoms with Crippen LogP contribution >= 0.6 is 0 Å². The second kappa shape index (κ2) is 11.7. The predicted octanol–water partition coefficient (Wildman–Crippen LogP) is 4.01. The molecule has 1 amide bonds. The summed E-state index contributed by atoms with van der Waals surface area (Å²) in [4.78, 5) is 15.4. The zero-order chi connectivity index (χ0) is 25.6. The molecule has 8 heteroatoms. The molecule has 3 aromatic rings. The highest BCUT2D eigenvalue weighted by atomic mass is 16.5. The Kier molecular flexibility index (Phi) is 7.94. The van der Waals surface area contributed by atoms with Crippen LogP contribution in [0.2, 0.25) is 0 Å². The molecule has 1 fully saturated rings. The molecule has 0 unspecified atom stereocenters. The lowest BCUT2D eigenvalue weighted by Crippen LogP contribution is -2.42. The Morgan fingerprint density at radius 2 is 1.86 bits per heavy atom. The number of piperidine rings is 1. The fourth-order valence-corrected chi connectivity index (χ4v) is 5.39. The number of aromatic nitrogens is 1. The van der Waals surface area contributed by atoms with E-state index in [2.05, 4.69) is 10.5 Å². The topological polar surface area (TPSA) is 86.1 Å². The van der Waals surface area contributed by atoms with Gasteiger partial charge in [-0.25, -0.2) is 0 Å². The average molecular weight is 506 g/mol. The molecule has 8 nitrogen and oxygen atoms in total. The third-order valence-electron chi connectivity index (χ3n) is 7.48. The Morgan fingerprint density at radius 3 is 2.65 bits per heavy atom. The van der Waals surface area contributed by atoms with E-state index in [1.54, 1.807) is 14.2 Å². The number of carbonyl (C=O) groups is 1. The van der Waals surface area contributed by atoms with Crippen LogP contribution < -0.4 is 19.5 Å². The van der Waals surface area contributed by atoms with E-state index in [-0.39, 0.29) is 5.91 Å². The van der Waals surface area contributed by atoms with Crippen LogP contribution in [0.5, 0.6) is 17.2 Å². The minimum Gasteiger partial charge on any atom is -0.493 e. The van der Waals surface area contributed by atoms with Crippen LogP contribution in [0.15, 0.2) is 53.1 Å². The molecule has 2 aliphatic rings. The van der Waals surface area contributed by atoms with Crippen molar-refractivity contribution in [3.63, 3.8) is 0 Å². The number of methoxy groups -OCH3 is 2. The molecule has 0 bridgehead atoms. The molecule has 2 aliphatic heterocycles. The highest BCUT2D eigenvalue weighted by Gasteiger charge is 2.31. The number of para-hydroxylation sites is 1. The van der Waals surface area contributed by atoms with Crippen LogP contribution in [0.4, 0.5) is 0 Å². The summed E-state index contributed by atoms with van der Waals surface area (Å²) in [6.07, 6.45) is 3.13. The van der Waals surface area contributed by atoms with Gasteiger partial charge in [-0.15, -0.1) is 0 Å². The number of ether oxygens (including phenoxy) is 3. The van der Waals surface area contributed by atoms with Gasteiger partial charge in [-0.05, 0) is 79.6 Å². The SMILES string of the molecule is COc1cc2c(cc1OC)CN(C(=O)C[C@@H]1CCNC[C@@H]1Cc1cc(COc3ccccc3)on1)CC2. The zero-order valence-corrected chi connectivity index (χ0v) is 21.6. The molecule has 3 heterocycles. The smallest absolute Gasteiger partial charge is 0.223 e. The molecule has 2 atom stereocenters. The number of rotatable bonds is 9. The summed E-state index contributed by atoms with van der Waals surface area (Å²) in [6.45, 7) is 3.49. The van der Waals surface area contributed by atoms with Gasteiger partial charge in [0, 0.05) is 25.6 Å². The Morgan fingerprint density at radius 1 is 1.08 bits per heavy atom. The quantitative estimate of drug-likeness (QED) is 0.470. The molecule has 0 aliphatic carbocycles. The third-order valence-corrected chi connectivity index (χ3v) is 7.48. The first kappa shape index (κ1) is 25.1. The number of hydrogen-bond donors (Lipinski definition) is 1. The number of benzene rings is 2. The van der Waals surface area contributed by atoms with Crippen molar-refractivity contribution in [2.75, 3.05) is 33.9 Å². The molecule has 5 rings (SSSR count). The van der Waals surface area contributed by atoms with Crippen molar-refractivity contribution >= 4 is 5.91 Å². The van der Waals surface area contributed by atoms with E-state index in [1.165, 1.54) is 5.56 Å². The van der Waals surface area contributed by atoms with Crippen LogP contribution in [0.1, 0.15) is 35.4 Å². The van der Waals surface area contributed by atoms with Crippen molar-refractivity contribution in [1.82, 2.24) is 15.4 Å². The molecule has 0 saturated carbocycles. The molecule has 2 aromatic carbocycles. The van der Waals surface area contributed by atoms with Crippen LogP contribution in [0, 0.1) is 11.8 Å². The van der Waals surface area contributed by atoms with Crippen molar-refractivity contribution in [2.45, 2.75) is 38.8 Å². The third kappa shape index (κ3) is 6.07. The van der Waals surface area contributed by atoms with Gasteiger partial charge < -0.3 is 29.0 Å². The summed E-state index contributed by atoms with van der Waals surface area (Å²) in [7, 11) is 3.29. The number of amides is 1. The lowest BCUT2D eigenvalue weighted by Gasteiger charge is -2.35. The molecule has 1 N–H and O–H groups in total. The summed E-state index contributed by atoms with van der Waals surface area (Å²) in [5.41, 5.74) is 3.26. The Hall–Kier alpha value is -3.52. The van der Waals surface area contributed by atoms with E-state index in [4.69, 9.17) is 18.7 Å². The standard InChI is InChI=1S/C29H35N3O5/c1-34-27-13-21-9-11-32(18-23(21)14-28(27)35-2)29(33)15-20-8-10-30-17-22(20)12-24-16-26(37-31-24)19-36-25-6-4-3-5-7-25/h3-7,13-14,16,20,22,30H,8-12,15,17-19H2,1-2H3/t20-,22-/m0/s1. The largest absolute Gasteiger partial charge is 0.493 e. The monoisotopic (exact) mass is 505 g/mol. The molecule has 196 valence electrons. The fraction of sp³-hybridized carbons (Fsp3) is 0.448. The van der Waals surface area contributed by atoms with Gasteiger partial charge in [0.25, 0.3) is 0 Å². The van der Waals surface area contributed by atoms with Crippen LogP contribution in [0.3, 0.4) is 0 Å².